The molecule has 0 bridgehead atoms. The van der Waals surface area contributed by atoms with Gasteiger partial charge >= 0.3 is 0 Å². The molecule has 0 saturated heterocycles. The lowest BCUT2D eigenvalue weighted by Gasteiger charge is -2.16. The number of unbranched alkanes of at least 4 members (excludes halogenated alkanes) is 1. The first-order valence-electron chi connectivity index (χ1n) is 5.47. The largest absolute Gasteiger partial charge is 0.305 e. The molecule has 0 unspecified atom stereocenters. The Hall–Kier alpha value is -1.13. The molecule has 0 N–H and O–H groups in total. The van der Waals surface area contributed by atoms with E-state index in [9.17, 15) is 14.0 Å². The van der Waals surface area contributed by atoms with E-state index in [1.165, 1.54) is 11.0 Å². The van der Waals surface area contributed by atoms with E-state index < -0.39 is 17.5 Å². The highest BCUT2D eigenvalue weighted by atomic mass is 35.5. The Morgan fingerprint density at radius 3 is 2.61 bits per heavy atom. The van der Waals surface area contributed by atoms with Crippen molar-refractivity contribution in [1.29, 1.82) is 0 Å². The Bertz CT molecular complexity index is 519. The lowest BCUT2D eigenvalue weighted by atomic mass is 10.1. The highest BCUT2D eigenvalue weighted by Crippen LogP contribution is 2.33. The fraction of sp³-hybridized carbons (Fsp3) is 0.333. The number of ketones is 1. The van der Waals surface area contributed by atoms with Crippen molar-refractivity contribution in [2.24, 2.45) is 0 Å². The van der Waals surface area contributed by atoms with Crippen molar-refractivity contribution in [1.82, 2.24) is 0 Å². The number of fused-ring (bicyclic) bond motifs is 1. The van der Waals surface area contributed by atoms with Gasteiger partial charge in [-0.05, 0) is 25.0 Å². The maximum absolute atomic E-state index is 13.4. The van der Waals surface area contributed by atoms with Crippen LogP contribution in [-0.4, -0.2) is 24.1 Å². The standard InChI is InChI=1S/C12H10Cl2FNO2/c13-3-1-2-4-16-10-6-9(15)8(14)5-7(10)11(17)12(16)18/h5-6H,1-4H2. The summed E-state index contributed by atoms with van der Waals surface area (Å²) in [5, 5.41) is -0.155. The summed E-state index contributed by atoms with van der Waals surface area (Å²) < 4.78 is 13.4. The molecular formula is C12H10Cl2FNO2. The predicted molar refractivity (Wildman–Crippen MR) is 68.0 cm³/mol. The van der Waals surface area contributed by atoms with E-state index in [4.69, 9.17) is 23.2 Å². The van der Waals surface area contributed by atoms with Crippen molar-refractivity contribution < 1.29 is 14.0 Å². The zero-order chi connectivity index (χ0) is 13.3. The number of benzene rings is 1. The normalized spacial score (nSPS) is 14.3. The van der Waals surface area contributed by atoms with Gasteiger partial charge in [-0.2, -0.15) is 0 Å². The van der Waals surface area contributed by atoms with E-state index in [0.29, 0.717) is 24.5 Å². The number of carbonyl (C=O) groups is 2. The molecule has 6 heteroatoms. The minimum atomic E-state index is -0.641. The second kappa shape index (κ2) is 5.24. The summed E-state index contributed by atoms with van der Waals surface area (Å²) in [4.78, 5) is 24.7. The average Bonchev–Trinajstić information content (AvgIpc) is 2.56. The number of halogens is 3. The summed E-state index contributed by atoms with van der Waals surface area (Å²) in [6.45, 7) is 0.353. The number of rotatable bonds is 4. The molecule has 2 rings (SSSR count). The third-order valence-corrected chi connectivity index (χ3v) is 3.34. The molecule has 3 nitrogen and oxygen atoms in total. The van der Waals surface area contributed by atoms with Gasteiger partial charge < -0.3 is 4.90 Å². The highest BCUT2D eigenvalue weighted by molar-refractivity contribution is 6.52. The van der Waals surface area contributed by atoms with Gasteiger partial charge in [0.25, 0.3) is 11.7 Å². The summed E-state index contributed by atoms with van der Waals surface area (Å²) >= 11 is 11.2. The van der Waals surface area contributed by atoms with E-state index >= 15 is 0 Å². The molecule has 1 aromatic rings. The molecular weight excluding hydrogens is 280 g/mol. The van der Waals surface area contributed by atoms with Gasteiger partial charge in [-0.3, -0.25) is 9.59 Å². The molecule has 18 heavy (non-hydrogen) atoms. The van der Waals surface area contributed by atoms with Gasteiger partial charge in [-0.15, -0.1) is 11.6 Å². The van der Waals surface area contributed by atoms with Gasteiger partial charge in [0.2, 0.25) is 0 Å². The minimum Gasteiger partial charge on any atom is -0.305 e. The molecule has 0 aromatic heterocycles. The second-order valence-corrected chi connectivity index (χ2v) is 4.75. The van der Waals surface area contributed by atoms with E-state index in [2.05, 4.69) is 0 Å². The van der Waals surface area contributed by atoms with Crippen molar-refractivity contribution in [3.05, 3.63) is 28.5 Å². The highest BCUT2D eigenvalue weighted by Gasteiger charge is 2.36. The summed E-state index contributed by atoms with van der Waals surface area (Å²) in [5.74, 6) is -1.43. The summed E-state index contributed by atoms with van der Waals surface area (Å²) in [5.41, 5.74) is 0.457. The van der Waals surface area contributed by atoms with Crippen LogP contribution in [-0.2, 0) is 4.79 Å². The Morgan fingerprint density at radius 2 is 1.94 bits per heavy atom. The maximum Gasteiger partial charge on any atom is 0.299 e. The van der Waals surface area contributed by atoms with Crippen LogP contribution in [0.5, 0.6) is 0 Å². The van der Waals surface area contributed by atoms with Crippen LogP contribution in [0.4, 0.5) is 10.1 Å². The first-order valence-corrected chi connectivity index (χ1v) is 6.38. The van der Waals surface area contributed by atoms with Crippen LogP contribution in [0, 0.1) is 5.82 Å². The van der Waals surface area contributed by atoms with Crippen molar-refractivity contribution in [3.63, 3.8) is 0 Å². The van der Waals surface area contributed by atoms with Crippen LogP contribution in [0.15, 0.2) is 12.1 Å². The fourth-order valence-electron chi connectivity index (χ4n) is 1.88. The van der Waals surface area contributed by atoms with Gasteiger partial charge in [-0.1, -0.05) is 11.6 Å². The topological polar surface area (TPSA) is 37.4 Å². The van der Waals surface area contributed by atoms with E-state index in [1.807, 2.05) is 0 Å². The van der Waals surface area contributed by atoms with Crippen LogP contribution >= 0.6 is 23.2 Å². The van der Waals surface area contributed by atoms with Gasteiger partial charge in [0, 0.05) is 12.4 Å². The lowest BCUT2D eigenvalue weighted by Crippen LogP contribution is -2.30. The van der Waals surface area contributed by atoms with E-state index in [0.717, 1.165) is 12.5 Å². The van der Waals surface area contributed by atoms with Gasteiger partial charge in [0.15, 0.2) is 0 Å². The van der Waals surface area contributed by atoms with E-state index in [1.54, 1.807) is 0 Å². The van der Waals surface area contributed by atoms with Crippen LogP contribution in [0.2, 0.25) is 5.02 Å². The number of amides is 1. The Morgan fingerprint density at radius 1 is 1.22 bits per heavy atom. The van der Waals surface area contributed by atoms with Crippen molar-refractivity contribution in [2.45, 2.75) is 12.8 Å². The lowest BCUT2D eigenvalue weighted by molar-refractivity contribution is -0.114. The summed E-state index contributed by atoms with van der Waals surface area (Å²) in [7, 11) is 0. The fourth-order valence-corrected chi connectivity index (χ4v) is 2.23. The monoisotopic (exact) mass is 289 g/mol. The number of hydrogen-bond acceptors (Lipinski definition) is 2. The third kappa shape index (κ3) is 2.22. The number of alkyl halides is 1. The zero-order valence-corrected chi connectivity index (χ0v) is 10.9. The zero-order valence-electron chi connectivity index (χ0n) is 9.38. The predicted octanol–water partition coefficient (Wildman–Crippen LogP) is 3.03. The van der Waals surface area contributed by atoms with Gasteiger partial charge in [0.1, 0.15) is 5.82 Å². The molecule has 1 heterocycles. The number of anilines is 1. The third-order valence-electron chi connectivity index (χ3n) is 2.78. The summed E-state index contributed by atoms with van der Waals surface area (Å²) in [6.07, 6.45) is 1.39. The molecule has 0 radical (unpaired) electrons. The molecule has 1 aliphatic rings. The molecule has 0 atom stereocenters. The maximum atomic E-state index is 13.4. The number of carbonyl (C=O) groups excluding carboxylic acids is 2. The second-order valence-electron chi connectivity index (χ2n) is 3.97. The first kappa shape index (κ1) is 13.3. The Labute approximate surface area is 113 Å². The summed E-state index contributed by atoms with van der Waals surface area (Å²) in [6, 6.07) is 2.33. The quantitative estimate of drug-likeness (QED) is 0.485. The Kier molecular flexibility index (Phi) is 3.88. The molecule has 96 valence electrons. The minimum absolute atomic E-state index is 0.155. The SMILES string of the molecule is O=C1C(=O)N(CCCCCl)c2cc(F)c(Cl)cc21. The number of nitrogens with zero attached hydrogens (tertiary/aromatic N) is 1. The van der Waals surface area contributed by atoms with Crippen LogP contribution in [0.1, 0.15) is 23.2 Å². The van der Waals surface area contributed by atoms with Crippen molar-refractivity contribution >= 4 is 40.6 Å². The smallest absolute Gasteiger partial charge is 0.299 e. The van der Waals surface area contributed by atoms with Crippen molar-refractivity contribution in [3.8, 4) is 0 Å². The van der Waals surface area contributed by atoms with Gasteiger partial charge in [0.05, 0.1) is 16.3 Å². The molecule has 1 aromatic carbocycles. The van der Waals surface area contributed by atoms with Crippen LogP contribution < -0.4 is 4.90 Å². The Balaban J connectivity index is 2.33. The molecule has 1 amide bonds. The molecule has 0 saturated carbocycles. The molecule has 1 aliphatic heterocycles. The molecule has 0 spiro atoms. The van der Waals surface area contributed by atoms with Crippen LogP contribution in [0.3, 0.4) is 0 Å². The average molecular weight is 290 g/mol. The first-order chi connectivity index (χ1) is 8.56. The van der Waals surface area contributed by atoms with E-state index in [-0.39, 0.29) is 10.6 Å². The number of hydrogen-bond donors (Lipinski definition) is 0. The van der Waals surface area contributed by atoms with Gasteiger partial charge in [-0.25, -0.2) is 4.39 Å². The molecule has 0 aliphatic carbocycles. The molecule has 0 fully saturated rings. The number of Topliss-reactive ketones (excluding diaryl/α,β-unsaturated/α-hetero) is 1. The van der Waals surface area contributed by atoms with Crippen LogP contribution in [0.25, 0.3) is 0 Å². The van der Waals surface area contributed by atoms with Crippen molar-refractivity contribution in [2.75, 3.05) is 17.3 Å².